The summed E-state index contributed by atoms with van der Waals surface area (Å²) >= 11 is 1.54. The molecule has 0 aliphatic heterocycles. The van der Waals surface area contributed by atoms with Gasteiger partial charge in [0, 0.05) is 24.1 Å². The van der Waals surface area contributed by atoms with Crippen molar-refractivity contribution >= 4 is 28.6 Å². The quantitative estimate of drug-likeness (QED) is 0.335. The van der Waals surface area contributed by atoms with Crippen molar-refractivity contribution < 1.29 is 18.7 Å². The third-order valence-electron chi connectivity index (χ3n) is 5.19. The standard InChI is InChI=1S/C25H22N4O4S/c1-16-19(28-25(33-16)22-6-5-11-34-22)13-24(30)27-17-8-9-20(31-2)21(12-17)32-15-18-14-29-10-4-3-7-23(29)26-18/h3-12,14H,13,15H2,1-2H3,(H,27,30). The van der Waals surface area contributed by atoms with E-state index in [2.05, 4.69) is 15.3 Å². The van der Waals surface area contributed by atoms with Gasteiger partial charge in [0.05, 0.1) is 29.8 Å². The number of aryl methyl sites for hydroxylation is 1. The van der Waals surface area contributed by atoms with Gasteiger partial charge >= 0.3 is 0 Å². The van der Waals surface area contributed by atoms with Crippen molar-refractivity contribution in [1.82, 2.24) is 14.4 Å². The van der Waals surface area contributed by atoms with Crippen molar-refractivity contribution in [2.75, 3.05) is 12.4 Å². The number of nitrogens with zero attached hydrogens (tertiary/aromatic N) is 3. The zero-order valence-electron chi connectivity index (χ0n) is 18.6. The van der Waals surface area contributed by atoms with Crippen LogP contribution >= 0.6 is 11.3 Å². The molecule has 1 amide bonds. The number of anilines is 1. The highest BCUT2D eigenvalue weighted by Crippen LogP contribution is 2.31. The summed E-state index contributed by atoms with van der Waals surface area (Å²) in [5.41, 5.74) is 2.83. The number of carbonyl (C=O) groups is 1. The minimum atomic E-state index is -0.203. The first kappa shape index (κ1) is 21.7. The molecule has 9 heteroatoms. The van der Waals surface area contributed by atoms with E-state index >= 15 is 0 Å². The van der Waals surface area contributed by atoms with Crippen molar-refractivity contribution in [3.63, 3.8) is 0 Å². The van der Waals surface area contributed by atoms with Gasteiger partial charge in [0.15, 0.2) is 11.5 Å². The van der Waals surface area contributed by atoms with Crippen molar-refractivity contribution in [1.29, 1.82) is 0 Å². The Morgan fingerprint density at radius 1 is 1.15 bits per heavy atom. The van der Waals surface area contributed by atoms with Crippen molar-refractivity contribution in [3.8, 4) is 22.3 Å². The molecule has 0 fully saturated rings. The Labute approximate surface area is 199 Å². The van der Waals surface area contributed by atoms with Crippen LogP contribution in [0.2, 0.25) is 0 Å². The van der Waals surface area contributed by atoms with Crippen LogP contribution in [0.3, 0.4) is 0 Å². The fourth-order valence-corrected chi connectivity index (χ4v) is 4.18. The number of imidazole rings is 1. The molecule has 0 unspecified atom stereocenters. The van der Waals surface area contributed by atoms with Gasteiger partial charge in [-0.15, -0.1) is 11.3 Å². The number of pyridine rings is 1. The number of hydrogen-bond donors (Lipinski definition) is 1. The molecule has 0 bridgehead atoms. The summed E-state index contributed by atoms with van der Waals surface area (Å²) in [6, 6.07) is 14.9. The SMILES string of the molecule is COc1ccc(NC(=O)Cc2nc(-c3cccs3)oc2C)cc1OCc1cn2ccccc2n1. The lowest BCUT2D eigenvalue weighted by Crippen LogP contribution is -2.15. The highest BCUT2D eigenvalue weighted by Gasteiger charge is 2.16. The fraction of sp³-hybridized carbons (Fsp3) is 0.160. The molecule has 0 saturated heterocycles. The zero-order chi connectivity index (χ0) is 23.5. The minimum Gasteiger partial charge on any atom is -0.493 e. The number of thiophene rings is 1. The van der Waals surface area contributed by atoms with Gasteiger partial charge in [-0.05, 0) is 42.6 Å². The molecule has 8 nitrogen and oxygen atoms in total. The van der Waals surface area contributed by atoms with Gasteiger partial charge in [-0.2, -0.15) is 0 Å². The maximum Gasteiger partial charge on any atom is 0.236 e. The number of nitrogens with one attached hydrogen (secondary N) is 1. The van der Waals surface area contributed by atoms with Crippen LogP contribution in [0.25, 0.3) is 16.4 Å². The van der Waals surface area contributed by atoms with E-state index in [0.29, 0.717) is 34.5 Å². The Balaban J connectivity index is 1.27. The van der Waals surface area contributed by atoms with Gasteiger partial charge in [-0.1, -0.05) is 12.1 Å². The second kappa shape index (κ2) is 9.40. The van der Waals surface area contributed by atoms with Gasteiger partial charge in [0.2, 0.25) is 11.8 Å². The Morgan fingerprint density at radius 3 is 2.85 bits per heavy atom. The second-order valence-electron chi connectivity index (χ2n) is 7.58. The van der Waals surface area contributed by atoms with E-state index in [1.807, 2.05) is 59.4 Å². The maximum atomic E-state index is 12.7. The molecule has 0 radical (unpaired) electrons. The lowest BCUT2D eigenvalue weighted by Gasteiger charge is -2.12. The number of methoxy groups -OCH3 is 1. The van der Waals surface area contributed by atoms with E-state index in [0.717, 1.165) is 16.2 Å². The Kier molecular flexibility index (Phi) is 6.01. The monoisotopic (exact) mass is 474 g/mol. The molecule has 0 aliphatic rings. The molecule has 4 heterocycles. The Hall–Kier alpha value is -4.11. The first-order chi connectivity index (χ1) is 16.6. The zero-order valence-corrected chi connectivity index (χ0v) is 19.5. The average molecular weight is 475 g/mol. The largest absolute Gasteiger partial charge is 0.493 e. The molecule has 1 N–H and O–H groups in total. The predicted molar refractivity (Wildman–Crippen MR) is 129 cm³/mol. The molecule has 34 heavy (non-hydrogen) atoms. The van der Waals surface area contributed by atoms with Crippen LogP contribution in [0.15, 0.2) is 70.7 Å². The Bertz CT molecular complexity index is 1410. The summed E-state index contributed by atoms with van der Waals surface area (Å²) in [6.07, 6.45) is 3.95. The van der Waals surface area contributed by atoms with Gasteiger partial charge in [0.25, 0.3) is 0 Å². The van der Waals surface area contributed by atoms with E-state index in [1.54, 1.807) is 36.6 Å². The highest BCUT2D eigenvalue weighted by atomic mass is 32.1. The van der Waals surface area contributed by atoms with Crippen molar-refractivity contribution in [2.45, 2.75) is 20.0 Å². The molecule has 172 valence electrons. The van der Waals surface area contributed by atoms with Gasteiger partial charge < -0.3 is 23.6 Å². The van der Waals surface area contributed by atoms with E-state index in [-0.39, 0.29) is 18.9 Å². The fourth-order valence-electron chi connectivity index (χ4n) is 3.53. The minimum absolute atomic E-state index is 0.101. The summed E-state index contributed by atoms with van der Waals surface area (Å²) in [5, 5.41) is 4.86. The molecule has 4 aromatic heterocycles. The average Bonchev–Trinajstić information content (AvgIpc) is 3.58. The molecule has 0 aliphatic carbocycles. The van der Waals surface area contributed by atoms with Crippen LogP contribution in [0.5, 0.6) is 11.5 Å². The van der Waals surface area contributed by atoms with Crippen LogP contribution in [0, 0.1) is 6.92 Å². The van der Waals surface area contributed by atoms with E-state index in [4.69, 9.17) is 13.9 Å². The lowest BCUT2D eigenvalue weighted by molar-refractivity contribution is -0.115. The molecule has 1 aromatic carbocycles. The van der Waals surface area contributed by atoms with Crippen molar-refractivity contribution in [3.05, 3.63) is 83.5 Å². The highest BCUT2D eigenvalue weighted by molar-refractivity contribution is 7.13. The lowest BCUT2D eigenvalue weighted by atomic mass is 10.2. The number of amides is 1. The molecule has 0 spiro atoms. The third-order valence-corrected chi connectivity index (χ3v) is 6.05. The van der Waals surface area contributed by atoms with Crippen LogP contribution in [0.4, 0.5) is 5.69 Å². The molecular formula is C25H22N4O4S. The van der Waals surface area contributed by atoms with Crippen LogP contribution < -0.4 is 14.8 Å². The van der Waals surface area contributed by atoms with Crippen LogP contribution in [-0.4, -0.2) is 27.4 Å². The summed E-state index contributed by atoms with van der Waals surface area (Å²) in [6.45, 7) is 2.07. The van der Waals surface area contributed by atoms with Gasteiger partial charge in [-0.3, -0.25) is 4.79 Å². The second-order valence-corrected chi connectivity index (χ2v) is 8.52. The van der Waals surface area contributed by atoms with Gasteiger partial charge in [0.1, 0.15) is 18.0 Å². The number of aromatic nitrogens is 3. The molecule has 5 aromatic rings. The topological polar surface area (TPSA) is 90.9 Å². The first-order valence-corrected chi connectivity index (χ1v) is 11.5. The number of hydrogen-bond acceptors (Lipinski definition) is 7. The number of carbonyl (C=O) groups excluding carboxylic acids is 1. The number of benzene rings is 1. The summed E-state index contributed by atoms with van der Waals surface area (Å²) < 4.78 is 19.1. The van der Waals surface area contributed by atoms with E-state index in [1.165, 1.54) is 0 Å². The third kappa shape index (κ3) is 4.65. The normalized spacial score (nSPS) is 11.0. The molecular weight excluding hydrogens is 452 g/mol. The number of ether oxygens (including phenoxy) is 2. The maximum absolute atomic E-state index is 12.7. The molecule has 0 atom stereocenters. The first-order valence-electron chi connectivity index (χ1n) is 10.6. The molecule has 0 saturated carbocycles. The van der Waals surface area contributed by atoms with Gasteiger partial charge in [-0.25, -0.2) is 9.97 Å². The number of oxazole rings is 1. The Morgan fingerprint density at radius 2 is 2.06 bits per heavy atom. The number of fused-ring (bicyclic) bond motifs is 1. The summed E-state index contributed by atoms with van der Waals surface area (Å²) in [4.78, 5) is 22.7. The van der Waals surface area contributed by atoms with Crippen LogP contribution in [-0.2, 0) is 17.8 Å². The number of rotatable bonds is 8. The van der Waals surface area contributed by atoms with Crippen molar-refractivity contribution in [2.24, 2.45) is 0 Å². The molecule has 5 rings (SSSR count). The predicted octanol–water partition coefficient (Wildman–Crippen LogP) is 5.13. The summed E-state index contributed by atoms with van der Waals surface area (Å²) in [5.74, 6) is 2.03. The van der Waals surface area contributed by atoms with Crippen LogP contribution in [0.1, 0.15) is 17.1 Å². The van der Waals surface area contributed by atoms with E-state index in [9.17, 15) is 4.79 Å². The van der Waals surface area contributed by atoms with E-state index < -0.39 is 0 Å². The smallest absolute Gasteiger partial charge is 0.236 e. The summed E-state index contributed by atoms with van der Waals surface area (Å²) in [7, 11) is 1.57.